The molecule has 1 amide bonds. The van der Waals surface area contributed by atoms with Crippen LogP contribution in [-0.2, 0) is 16.9 Å². The minimum absolute atomic E-state index is 0.0418. The number of carbonyl (C=O) groups is 1. The van der Waals surface area contributed by atoms with Gasteiger partial charge in [-0.05, 0) is 73.2 Å². The van der Waals surface area contributed by atoms with Crippen LogP contribution in [0, 0.1) is 6.92 Å². The lowest BCUT2D eigenvalue weighted by Crippen LogP contribution is -2.43. The topological polar surface area (TPSA) is 32.8 Å². The fourth-order valence-electron chi connectivity index (χ4n) is 5.84. The molecule has 37 heavy (non-hydrogen) atoms. The average molecular weight is 538 g/mol. The van der Waals surface area contributed by atoms with E-state index in [4.69, 9.17) is 27.9 Å². The van der Waals surface area contributed by atoms with E-state index in [9.17, 15) is 4.79 Å². The molecule has 1 spiro atoms. The van der Waals surface area contributed by atoms with E-state index < -0.39 is 0 Å². The van der Waals surface area contributed by atoms with Crippen LogP contribution >= 0.6 is 23.2 Å². The molecule has 3 aromatic rings. The van der Waals surface area contributed by atoms with Gasteiger partial charge in [-0.25, -0.2) is 0 Å². The Balaban J connectivity index is 1.26. The van der Waals surface area contributed by atoms with Crippen molar-refractivity contribution in [1.82, 2.24) is 9.80 Å². The number of fused-ring (bicyclic) bond motifs is 2. The fraction of sp³-hybridized carbons (Fsp3) is 0.387. The van der Waals surface area contributed by atoms with Crippen molar-refractivity contribution in [1.29, 1.82) is 0 Å². The monoisotopic (exact) mass is 536 g/mol. The molecule has 2 heterocycles. The predicted molar refractivity (Wildman–Crippen MR) is 151 cm³/mol. The zero-order chi connectivity index (χ0) is 26.0. The van der Waals surface area contributed by atoms with Gasteiger partial charge in [0.05, 0.1) is 22.3 Å². The Morgan fingerprint density at radius 2 is 1.76 bits per heavy atom. The number of hydrogen-bond donors (Lipinski definition) is 0. The predicted octanol–water partition coefficient (Wildman–Crippen LogP) is 7.07. The standard InChI is InChI=1S/C31H34Cl2N2O2/c1-22-7-3-5-9-26(22)30(36)34(2)20-24(23-11-12-28(32)29(33)19-23)13-16-35-17-14-31(15-18-35)27-10-6-4-8-25(27)21-37-31/h3-12,19,24H,13-18,20-21H2,1-2H3. The molecular formula is C31H34Cl2N2O2. The second-order valence-corrected chi connectivity index (χ2v) is 11.3. The summed E-state index contributed by atoms with van der Waals surface area (Å²) in [4.78, 5) is 17.6. The molecule has 0 radical (unpaired) electrons. The van der Waals surface area contributed by atoms with Crippen LogP contribution in [0.3, 0.4) is 0 Å². The highest BCUT2D eigenvalue weighted by molar-refractivity contribution is 6.42. The van der Waals surface area contributed by atoms with Gasteiger partial charge in [-0.2, -0.15) is 0 Å². The zero-order valence-electron chi connectivity index (χ0n) is 21.6. The van der Waals surface area contributed by atoms with Crippen molar-refractivity contribution in [3.63, 3.8) is 0 Å². The van der Waals surface area contributed by atoms with E-state index in [0.29, 0.717) is 16.6 Å². The summed E-state index contributed by atoms with van der Waals surface area (Å²) in [5.74, 6) is 0.187. The van der Waals surface area contributed by atoms with Gasteiger partial charge >= 0.3 is 0 Å². The third kappa shape index (κ3) is 5.58. The number of benzene rings is 3. The Morgan fingerprint density at radius 1 is 1.03 bits per heavy atom. The molecule has 0 N–H and O–H groups in total. The molecule has 0 saturated carbocycles. The molecule has 1 atom stereocenters. The molecular weight excluding hydrogens is 503 g/mol. The number of halogens is 2. The summed E-state index contributed by atoms with van der Waals surface area (Å²) in [6, 6.07) is 22.2. The van der Waals surface area contributed by atoms with Crippen molar-refractivity contribution in [3.05, 3.63) is 105 Å². The van der Waals surface area contributed by atoms with Crippen LogP contribution in [0.25, 0.3) is 0 Å². The Kier molecular flexibility index (Phi) is 7.92. The summed E-state index contributed by atoms with van der Waals surface area (Å²) >= 11 is 12.6. The number of aryl methyl sites for hydroxylation is 1. The zero-order valence-corrected chi connectivity index (χ0v) is 23.1. The van der Waals surface area contributed by atoms with Crippen LogP contribution in [0.5, 0.6) is 0 Å². The van der Waals surface area contributed by atoms with Gasteiger partial charge in [-0.1, -0.05) is 71.7 Å². The largest absolute Gasteiger partial charge is 0.365 e. The van der Waals surface area contributed by atoms with Crippen molar-refractivity contribution in [2.75, 3.05) is 33.2 Å². The number of piperidine rings is 1. The van der Waals surface area contributed by atoms with Gasteiger partial charge in [0.1, 0.15) is 0 Å². The highest BCUT2D eigenvalue weighted by atomic mass is 35.5. The van der Waals surface area contributed by atoms with Crippen LogP contribution in [0.15, 0.2) is 66.7 Å². The number of hydrogen-bond acceptors (Lipinski definition) is 3. The third-order valence-corrected chi connectivity index (χ3v) is 8.84. The first-order valence-electron chi connectivity index (χ1n) is 13.1. The maximum atomic E-state index is 13.3. The highest BCUT2D eigenvalue weighted by Gasteiger charge is 2.42. The summed E-state index contributed by atoms with van der Waals surface area (Å²) < 4.78 is 6.35. The molecule has 6 heteroatoms. The van der Waals surface area contributed by atoms with Crippen molar-refractivity contribution in [2.45, 2.75) is 44.3 Å². The van der Waals surface area contributed by atoms with Gasteiger partial charge in [0.2, 0.25) is 0 Å². The fourth-order valence-corrected chi connectivity index (χ4v) is 6.14. The van der Waals surface area contributed by atoms with E-state index in [2.05, 4.69) is 29.2 Å². The second-order valence-electron chi connectivity index (χ2n) is 10.4. The van der Waals surface area contributed by atoms with Gasteiger partial charge in [-0.3, -0.25) is 4.79 Å². The second kappa shape index (κ2) is 11.2. The number of likely N-dealkylation sites (tertiary alicyclic amines) is 1. The number of likely N-dealkylation sites (N-methyl/N-ethyl adjacent to an activating group) is 1. The molecule has 3 aromatic carbocycles. The summed E-state index contributed by atoms with van der Waals surface area (Å²) in [5, 5.41) is 1.10. The normalized spacial score (nSPS) is 17.5. The van der Waals surface area contributed by atoms with Crippen molar-refractivity contribution in [2.24, 2.45) is 0 Å². The van der Waals surface area contributed by atoms with Gasteiger partial charge in [0.25, 0.3) is 5.91 Å². The first kappa shape index (κ1) is 26.2. The Labute approximate surface area is 230 Å². The lowest BCUT2D eigenvalue weighted by molar-refractivity contribution is -0.0790. The van der Waals surface area contributed by atoms with E-state index in [1.807, 2.05) is 61.3 Å². The summed E-state index contributed by atoms with van der Waals surface area (Å²) in [6.07, 6.45) is 2.94. The molecule has 5 rings (SSSR count). The molecule has 0 aromatic heterocycles. The van der Waals surface area contributed by atoms with Crippen LogP contribution < -0.4 is 0 Å². The van der Waals surface area contributed by atoms with E-state index in [-0.39, 0.29) is 17.4 Å². The molecule has 2 aliphatic heterocycles. The minimum Gasteiger partial charge on any atom is -0.365 e. The minimum atomic E-state index is -0.129. The molecule has 194 valence electrons. The quantitative estimate of drug-likeness (QED) is 0.323. The maximum Gasteiger partial charge on any atom is 0.253 e. The molecule has 4 nitrogen and oxygen atoms in total. The maximum absolute atomic E-state index is 13.3. The number of ether oxygens (including phenoxy) is 1. The van der Waals surface area contributed by atoms with Gasteiger partial charge in [-0.15, -0.1) is 0 Å². The number of carbonyl (C=O) groups excluding carboxylic acids is 1. The van der Waals surface area contributed by atoms with E-state index in [1.165, 1.54) is 11.1 Å². The Morgan fingerprint density at radius 3 is 2.51 bits per heavy atom. The Hall–Kier alpha value is -2.37. The summed E-state index contributed by atoms with van der Waals surface area (Å²) in [5.41, 5.74) is 5.42. The first-order valence-corrected chi connectivity index (χ1v) is 13.8. The van der Waals surface area contributed by atoms with E-state index >= 15 is 0 Å². The van der Waals surface area contributed by atoms with Crippen LogP contribution in [0.2, 0.25) is 10.0 Å². The number of amides is 1. The highest BCUT2D eigenvalue weighted by Crippen LogP contribution is 2.44. The van der Waals surface area contributed by atoms with Crippen molar-refractivity contribution >= 4 is 29.1 Å². The summed E-state index contributed by atoms with van der Waals surface area (Å²) in [6.45, 7) is 6.26. The van der Waals surface area contributed by atoms with Crippen LogP contribution in [0.1, 0.15) is 57.8 Å². The van der Waals surface area contributed by atoms with Gasteiger partial charge < -0.3 is 14.5 Å². The lowest BCUT2D eigenvalue weighted by Gasteiger charge is -2.40. The average Bonchev–Trinajstić information content (AvgIpc) is 3.27. The Bertz CT molecular complexity index is 1270. The molecule has 1 unspecified atom stereocenters. The molecule has 0 aliphatic carbocycles. The van der Waals surface area contributed by atoms with Crippen LogP contribution in [0.4, 0.5) is 0 Å². The van der Waals surface area contributed by atoms with Crippen molar-refractivity contribution in [3.8, 4) is 0 Å². The number of nitrogens with zero attached hydrogens (tertiary/aromatic N) is 2. The van der Waals surface area contributed by atoms with Gasteiger partial charge in [0.15, 0.2) is 0 Å². The molecule has 1 saturated heterocycles. The number of rotatable bonds is 7. The third-order valence-electron chi connectivity index (χ3n) is 8.10. The van der Waals surface area contributed by atoms with Gasteiger partial charge in [0, 0.05) is 38.2 Å². The SMILES string of the molecule is Cc1ccccc1C(=O)N(C)CC(CCN1CCC2(CC1)OCc1ccccc12)c1ccc(Cl)c(Cl)c1. The summed E-state index contributed by atoms with van der Waals surface area (Å²) in [7, 11) is 1.89. The van der Waals surface area contributed by atoms with E-state index in [1.54, 1.807) is 0 Å². The molecule has 0 bridgehead atoms. The smallest absolute Gasteiger partial charge is 0.253 e. The molecule has 1 fully saturated rings. The van der Waals surface area contributed by atoms with Crippen LogP contribution in [-0.4, -0.2) is 48.9 Å². The van der Waals surface area contributed by atoms with Crippen molar-refractivity contribution < 1.29 is 9.53 Å². The first-order chi connectivity index (χ1) is 17.9. The molecule has 2 aliphatic rings. The van der Waals surface area contributed by atoms with E-state index in [0.717, 1.165) is 62.2 Å². The lowest BCUT2D eigenvalue weighted by atomic mass is 9.83.